The summed E-state index contributed by atoms with van der Waals surface area (Å²) in [6.07, 6.45) is -2.40. The lowest BCUT2D eigenvalue weighted by atomic mass is 10.1. The van der Waals surface area contributed by atoms with E-state index in [1.807, 2.05) is 0 Å². The molecule has 0 aliphatic heterocycles. The van der Waals surface area contributed by atoms with Crippen LogP contribution in [0.4, 0.5) is 13.2 Å². The van der Waals surface area contributed by atoms with Crippen molar-refractivity contribution in [1.82, 2.24) is 5.32 Å². The van der Waals surface area contributed by atoms with E-state index >= 15 is 0 Å². The summed E-state index contributed by atoms with van der Waals surface area (Å²) in [4.78, 5) is 23.5. The molecule has 0 fully saturated rings. The van der Waals surface area contributed by atoms with Gasteiger partial charge in [-0.1, -0.05) is 48.0 Å². The molecule has 0 spiro atoms. The van der Waals surface area contributed by atoms with Crippen LogP contribution < -0.4 is 11.1 Å². The summed E-state index contributed by atoms with van der Waals surface area (Å²) in [7, 11) is 0. The molecule has 26 heavy (non-hydrogen) atoms. The third kappa shape index (κ3) is 5.10. The molecule has 0 bridgehead atoms. The first-order valence-electron chi connectivity index (χ1n) is 7.38. The van der Waals surface area contributed by atoms with Crippen LogP contribution in [0.5, 0.6) is 0 Å². The number of nitrogens with one attached hydrogen (secondary N) is 1. The first-order chi connectivity index (χ1) is 12.2. The average Bonchev–Trinajstić information content (AvgIpc) is 2.58. The molecule has 1 atom stereocenters. The van der Waals surface area contributed by atoms with Crippen molar-refractivity contribution < 1.29 is 22.8 Å². The number of hydrogen-bond donors (Lipinski definition) is 2. The predicted molar refractivity (Wildman–Crippen MR) is 92.0 cm³/mol. The molecule has 4 nitrogen and oxygen atoms in total. The Morgan fingerprint density at radius 2 is 1.77 bits per heavy atom. The van der Waals surface area contributed by atoms with Gasteiger partial charge in [0.2, 0.25) is 11.8 Å². The topological polar surface area (TPSA) is 72.2 Å². The van der Waals surface area contributed by atoms with Crippen molar-refractivity contribution in [3.63, 3.8) is 0 Å². The van der Waals surface area contributed by atoms with E-state index in [0.717, 1.165) is 18.2 Å². The summed E-state index contributed by atoms with van der Waals surface area (Å²) < 4.78 is 38.5. The summed E-state index contributed by atoms with van der Waals surface area (Å²) in [6.45, 7) is 0. The van der Waals surface area contributed by atoms with Crippen LogP contribution in [0, 0.1) is 0 Å². The van der Waals surface area contributed by atoms with E-state index in [1.165, 1.54) is 12.1 Å². The fourth-order valence-corrected chi connectivity index (χ4v) is 2.41. The maximum Gasteiger partial charge on any atom is 0.417 e. The monoisotopic (exact) mass is 382 g/mol. The zero-order valence-electron chi connectivity index (χ0n) is 13.3. The van der Waals surface area contributed by atoms with Gasteiger partial charge in [-0.2, -0.15) is 13.2 Å². The number of benzene rings is 2. The van der Waals surface area contributed by atoms with E-state index in [4.69, 9.17) is 17.3 Å². The molecule has 0 aromatic heterocycles. The molecule has 0 aliphatic carbocycles. The Morgan fingerprint density at radius 1 is 1.12 bits per heavy atom. The second kappa shape index (κ2) is 8.05. The predicted octanol–water partition coefficient (Wildman–Crippen LogP) is 3.71. The summed E-state index contributed by atoms with van der Waals surface area (Å²) in [5.41, 5.74) is 4.92. The minimum absolute atomic E-state index is 0.132. The van der Waals surface area contributed by atoms with Gasteiger partial charge in [0, 0.05) is 6.08 Å². The molecule has 3 N–H and O–H groups in total. The van der Waals surface area contributed by atoms with Crippen molar-refractivity contribution in [3.8, 4) is 0 Å². The lowest BCUT2D eigenvalue weighted by Gasteiger charge is -2.14. The van der Waals surface area contributed by atoms with Crippen LogP contribution in [0.25, 0.3) is 6.08 Å². The van der Waals surface area contributed by atoms with Crippen molar-refractivity contribution in [2.75, 3.05) is 0 Å². The van der Waals surface area contributed by atoms with Gasteiger partial charge >= 0.3 is 6.18 Å². The minimum Gasteiger partial charge on any atom is -0.368 e. The normalized spacial score (nSPS) is 12.8. The van der Waals surface area contributed by atoms with Crippen LogP contribution in [-0.4, -0.2) is 11.8 Å². The van der Waals surface area contributed by atoms with E-state index in [-0.39, 0.29) is 5.56 Å². The fraction of sp³-hybridized carbons (Fsp3) is 0.111. The number of hydrogen-bond acceptors (Lipinski definition) is 2. The second-order valence-electron chi connectivity index (χ2n) is 5.33. The zero-order valence-corrected chi connectivity index (χ0v) is 14.0. The molecule has 2 amide bonds. The minimum atomic E-state index is -4.60. The van der Waals surface area contributed by atoms with Crippen LogP contribution >= 0.6 is 11.6 Å². The molecule has 0 saturated carbocycles. The number of nitrogens with two attached hydrogens (primary N) is 1. The quantitative estimate of drug-likeness (QED) is 0.774. The second-order valence-corrected chi connectivity index (χ2v) is 5.73. The van der Waals surface area contributed by atoms with Gasteiger partial charge in [-0.15, -0.1) is 0 Å². The van der Waals surface area contributed by atoms with Crippen molar-refractivity contribution in [2.45, 2.75) is 12.2 Å². The van der Waals surface area contributed by atoms with Gasteiger partial charge in [0.25, 0.3) is 0 Å². The highest BCUT2D eigenvalue weighted by atomic mass is 35.5. The summed E-state index contributed by atoms with van der Waals surface area (Å²) in [5.74, 6) is -1.44. The Labute approximate surface area is 152 Å². The molecule has 2 aromatic carbocycles. The number of carbonyl (C=O) groups excluding carboxylic acids is 2. The Hall–Kier alpha value is -2.80. The number of carbonyl (C=O) groups is 2. The summed E-state index contributed by atoms with van der Waals surface area (Å²) >= 11 is 5.54. The zero-order chi connectivity index (χ0) is 19.3. The first kappa shape index (κ1) is 19.5. The van der Waals surface area contributed by atoms with Crippen LogP contribution in [-0.2, 0) is 15.8 Å². The van der Waals surface area contributed by atoms with Gasteiger partial charge in [0.05, 0.1) is 10.6 Å². The molecule has 0 saturated heterocycles. The van der Waals surface area contributed by atoms with E-state index in [2.05, 4.69) is 5.32 Å². The van der Waals surface area contributed by atoms with E-state index in [0.29, 0.717) is 5.56 Å². The molecule has 136 valence electrons. The van der Waals surface area contributed by atoms with Gasteiger partial charge < -0.3 is 11.1 Å². The highest BCUT2D eigenvalue weighted by Crippen LogP contribution is 2.35. The Balaban J connectivity index is 2.15. The highest BCUT2D eigenvalue weighted by Gasteiger charge is 2.33. The Morgan fingerprint density at radius 3 is 2.35 bits per heavy atom. The number of alkyl halides is 3. The number of halogens is 4. The van der Waals surface area contributed by atoms with Gasteiger partial charge in [0.1, 0.15) is 6.04 Å². The van der Waals surface area contributed by atoms with E-state index in [9.17, 15) is 22.8 Å². The standard InChI is InChI=1S/C18H14ClF3N2O2/c19-14-8-6-11(10-13(14)18(20,21)22)7-9-15(25)24-16(17(23)26)12-4-2-1-3-5-12/h1-10,16H,(H2,23,26)(H,24,25)/b9-7+. The fourth-order valence-electron chi connectivity index (χ4n) is 2.19. The lowest BCUT2D eigenvalue weighted by molar-refractivity contribution is -0.137. The molecule has 0 radical (unpaired) electrons. The van der Waals surface area contributed by atoms with Gasteiger partial charge in [0.15, 0.2) is 0 Å². The highest BCUT2D eigenvalue weighted by molar-refractivity contribution is 6.31. The maximum atomic E-state index is 12.8. The van der Waals surface area contributed by atoms with Gasteiger partial charge in [-0.05, 0) is 29.3 Å². The van der Waals surface area contributed by atoms with Gasteiger partial charge in [-0.25, -0.2) is 0 Å². The molecule has 0 heterocycles. The number of rotatable bonds is 5. The molecular formula is C18H14ClF3N2O2. The van der Waals surface area contributed by atoms with Crippen LogP contribution in [0.15, 0.2) is 54.6 Å². The average molecular weight is 383 g/mol. The first-order valence-corrected chi connectivity index (χ1v) is 7.76. The SMILES string of the molecule is NC(=O)C(NC(=O)/C=C/c1ccc(Cl)c(C(F)(F)F)c1)c1ccccc1. The van der Waals surface area contributed by atoms with Crippen LogP contribution in [0.1, 0.15) is 22.7 Å². The van der Waals surface area contributed by atoms with Crippen molar-refractivity contribution in [1.29, 1.82) is 0 Å². The number of amides is 2. The molecule has 2 aromatic rings. The molecule has 8 heteroatoms. The van der Waals surface area contributed by atoms with Crippen molar-refractivity contribution in [3.05, 3.63) is 76.3 Å². The third-order valence-electron chi connectivity index (χ3n) is 3.43. The maximum absolute atomic E-state index is 12.8. The smallest absolute Gasteiger partial charge is 0.368 e. The summed E-state index contributed by atoms with van der Waals surface area (Å²) in [5, 5.41) is 1.98. The number of primary amides is 1. The molecule has 0 aliphatic rings. The van der Waals surface area contributed by atoms with Crippen LogP contribution in [0.2, 0.25) is 5.02 Å². The van der Waals surface area contributed by atoms with Gasteiger partial charge in [-0.3, -0.25) is 9.59 Å². The Bertz CT molecular complexity index is 836. The van der Waals surface area contributed by atoms with E-state index in [1.54, 1.807) is 30.3 Å². The molecule has 1 unspecified atom stereocenters. The lowest BCUT2D eigenvalue weighted by Crippen LogP contribution is -2.36. The van der Waals surface area contributed by atoms with Crippen LogP contribution in [0.3, 0.4) is 0 Å². The van der Waals surface area contributed by atoms with Crippen molar-refractivity contribution in [2.24, 2.45) is 5.73 Å². The molecule has 2 rings (SSSR count). The summed E-state index contributed by atoms with van der Waals surface area (Å²) in [6, 6.07) is 10.5. The van der Waals surface area contributed by atoms with Crippen molar-refractivity contribution >= 4 is 29.5 Å². The largest absolute Gasteiger partial charge is 0.417 e. The third-order valence-corrected chi connectivity index (χ3v) is 3.76. The Kier molecular flexibility index (Phi) is 6.05. The van der Waals surface area contributed by atoms with E-state index < -0.39 is 34.6 Å². The molecular weight excluding hydrogens is 369 g/mol.